The van der Waals surface area contributed by atoms with Gasteiger partial charge in [-0.25, -0.2) is 0 Å². The molecule has 0 saturated carbocycles. The van der Waals surface area contributed by atoms with Crippen LogP contribution in [0.1, 0.15) is 5.56 Å². The van der Waals surface area contributed by atoms with Crippen molar-refractivity contribution in [3.05, 3.63) is 66.5 Å². The third-order valence-corrected chi connectivity index (χ3v) is 4.07. The lowest BCUT2D eigenvalue weighted by atomic mass is 10.1. The maximum atomic E-state index is 9.76. The topological polar surface area (TPSA) is 66.8 Å². The van der Waals surface area contributed by atoms with Crippen LogP contribution in [-0.2, 0) is 7.05 Å². The van der Waals surface area contributed by atoms with Gasteiger partial charge in [0.05, 0.1) is 23.0 Å². The zero-order valence-electron chi connectivity index (χ0n) is 13.0. The number of phenolic OH excluding ortho intramolecular Hbond substituents is 1. The summed E-state index contributed by atoms with van der Waals surface area (Å²) >= 11 is 0. The molecule has 0 aliphatic rings. The minimum atomic E-state index is 0.207. The number of hydrogen-bond donors (Lipinski definition) is 1. The summed E-state index contributed by atoms with van der Waals surface area (Å²) in [7, 11) is 1.85. The highest BCUT2D eigenvalue weighted by Gasteiger charge is 2.20. The summed E-state index contributed by atoms with van der Waals surface area (Å²) < 4.78 is 3.75. The summed E-state index contributed by atoms with van der Waals surface area (Å²) in [6.07, 6.45) is 3.65. The average Bonchev–Trinajstić information content (AvgIpc) is 3.16. The van der Waals surface area contributed by atoms with Crippen LogP contribution in [-0.4, -0.2) is 19.5 Å². The second-order valence-corrected chi connectivity index (χ2v) is 5.61. The molecule has 4 aromatic rings. The molecule has 0 fully saturated rings. The maximum Gasteiger partial charge on any atom is 0.115 e. The van der Waals surface area contributed by atoms with E-state index in [4.69, 9.17) is 0 Å². The van der Waals surface area contributed by atoms with Gasteiger partial charge in [-0.2, -0.15) is 10.4 Å². The quantitative estimate of drug-likeness (QED) is 0.614. The molecule has 2 aromatic heterocycles. The van der Waals surface area contributed by atoms with Crippen LogP contribution in [0.5, 0.6) is 5.75 Å². The lowest BCUT2D eigenvalue weighted by Crippen LogP contribution is -1.97. The van der Waals surface area contributed by atoms with Crippen LogP contribution in [0.3, 0.4) is 0 Å². The molecule has 24 heavy (non-hydrogen) atoms. The van der Waals surface area contributed by atoms with E-state index in [9.17, 15) is 10.4 Å². The minimum absolute atomic E-state index is 0.207. The largest absolute Gasteiger partial charge is 0.508 e. The van der Waals surface area contributed by atoms with Gasteiger partial charge in [-0.1, -0.05) is 18.2 Å². The molecule has 0 radical (unpaired) electrons. The lowest BCUT2D eigenvalue weighted by molar-refractivity contribution is 0.475. The van der Waals surface area contributed by atoms with Crippen LogP contribution < -0.4 is 0 Å². The molecule has 0 unspecified atom stereocenters. The van der Waals surface area contributed by atoms with Crippen LogP contribution in [0.15, 0.2) is 60.9 Å². The van der Waals surface area contributed by atoms with E-state index in [0.717, 1.165) is 27.8 Å². The van der Waals surface area contributed by atoms with Crippen molar-refractivity contribution in [1.29, 1.82) is 5.26 Å². The highest BCUT2D eigenvalue weighted by molar-refractivity contribution is 5.96. The third kappa shape index (κ3) is 2.05. The fraction of sp³-hybridized carbons (Fsp3) is 0.0526. The van der Waals surface area contributed by atoms with Crippen molar-refractivity contribution in [3.63, 3.8) is 0 Å². The number of nitrogens with zero attached hydrogens (tertiary/aromatic N) is 4. The Morgan fingerprint density at radius 2 is 1.83 bits per heavy atom. The fourth-order valence-electron chi connectivity index (χ4n) is 3.04. The average molecular weight is 314 g/mol. The first kappa shape index (κ1) is 14.1. The van der Waals surface area contributed by atoms with Crippen molar-refractivity contribution in [2.24, 2.45) is 7.05 Å². The molecule has 0 aliphatic heterocycles. The normalized spacial score (nSPS) is 10.8. The van der Waals surface area contributed by atoms with Crippen LogP contribution >= 0.6 is 0 Å². The molecule has 0 saturated heterocycles. The number of benzene rings is 2. The minimum Gasteiger partial charge on any atom is -0.508 e. The van der Waals surface area contributed by atoms with E-state index in [1.807, 2.05) is 54.2 Å². The van der Waals surface area contributed by atoms with E-state index in [0.29, 0.717) is 5.56 Å². The van der Waals surface area contributed by atoms with Gasteiger partial charge in [0, 0.05) is 29.9 Å². The lowest BCUT2D eigenvalue weighted by Gasteiger charge is -2.10. The molecule has 0 aliphatic carbocycles. The van der Waals surface area contributed by atoms with Gasteiger partial charge in [-0.05, 0) is 30.3 Å². The highest BCUT2D eigenvalue weighted by Crippen LogP contribution is 2.36. The number of phenols is 1. The van der Waals surface area contributed by atoms with Gasteiger partial charge in [0.15, 0.2) is 0 Å². The van der Waals surface area contributed by atoms with Crippen molar-refractivity contribution in [1.82, 2.24) is 14.3 Å². The fourth-order valence-corrected chi connectivity index (χ4v) is 3.04. The number of fused-ring (bicyclic) bond motifs is 1. The summed E-state index contributed by atoms with van der Waals surface area (Å²) in [5, 5.41) is 24.5. The van der Waals surface area contributed by atoms with Gasteiger partial charge in [0.2, 0.25) is 0 Å². The summed E-state index contributed by atoms with van der Waals surface area (Å²) in [4.78, 5) is 0. The Morgan fingerprint density at radius 3 is 2.50 bits per heavy atom. The number of rotatable bonds is 2. The second kappa shape index (κ2) is 5.28. The number of aromatic hydroxyl groups is 1. The maximum absolute atomic E-state index is 9.76. The third-order valence-electron chi connectivity index (χ3n) is 4.07. The summed E-state index contributed by atoms with van der Waals surface area (Å²) in [6.45, 7) is 0. The van der Waals surface area contributed by atoms with E-state index in [1.165, 1.54) is 0 Å². The summed E-state index contributed by atoms with van der Waals surface area (Å²) in [5.41, 5.74) is 4.12. The molecule has 0 amide bonds. The zero-order valence-corrected chi connectivity index (χ0v) is 13.0. The molecular formula is C19H14N4O. The number of aromatic nitrogens is 3. The van der Waals surface area contributed by atoms with Gasteiger partial charge in [0.1, 0.15) is 11.8 Å². The molecular weight excluding hydrogens is 300 g/mol. The van der Waals surface area contributed by atoms with E-state index in [2.05, 4.69) is 11.2 Å². The zero-order chi connectivity index (χ0) is 16.7. The first-order valence-electron chi connectivity index (χ1n) is 7.51. The van der Waals surface area contributed by atoms with Crippen LogP contribution in [0, 0.1) is 11.3 Å². The number of hydrogen-bond acceptors (Lipinski definition) is 3. The molecule has 0 spiro atoms. The van der Waals surface area contributed by atoms with Gasteiger partial charge in [0.25, 0.3) is 0 Å². The Labute approximate surface area is 138 Å². The van der Waals surface area contributed by atoms with Gasteiger partial charge < -0.3 is 9.67 Å². The SMILES string of the molecule is Cn1cc(-c2c(C#N)c3ccccc3n2-c2ccc(O)cc2)cn1. The number of para-hydroxylation sites is 1. The first-order chi connectivity index (χ1) is 11.7. The van der Waals surface area contributed by atoms with Crippen molar-refractivity contribution in [2.75, 3.05) is 0 Å². The van der Waals surface area contributed by atoms with Gasteiger partial charge in [-0.15, -0.1) is 0 Å². The molecule has 0 bridgehead atoms. The van der Waals surface area contributed by atoms with E-state index in [-0.39, 0.29) is 5.75 Å². The predicted octanol–water partition coefficient (Wildman–Crippen LogP) is 3.61. The van der Waals surface area contributed by atoms with Crippen molar-refractivity contribution >= 4 is 10.9 Å². The van der Waals surface area contributed by atoms with Gasteiger partial charge >= 0.3 is 0 Å². The van der Waals surface area contributed by atoms with Gasteiger partial charge in [-0.3, -0.25) is 4.68 Å². The number of aryl methyl sites for hydroxylation is 1. The predicted molar refractivity (Wildman–Crippen MR) is 91.9 cm³/mol. The Morgan fingerprint density at radius 1 is 1.08 bits per heavy atom. The van der Waals surface area contributed by atoms with Crippen LogP contribution in [0.2, 0.25) is 0 Å². The molecule has 4 rings (SSSR count). The van der Waals surface area contributed by atoms with E-state index in [1.54, 1.807) is 23.0 Å². The summed E-state index contributed by atoms with van der Waals surface area (Å²) in [6, 6.07) is 17.1. The van der Waals surface area contributed by atoms with Crippen LogP contribution in [0.25, 0.3) is 27.8 Å². The van der Waals surface area contributed by atoms with Crippen molar-refractivity contribution < 1.29 is 5.11 Å². The van der Waals surface area contributed by atoms with E-state index < -0.39 is 0 Å². The Hall–Kier alpha value is -3.52. The Balaban J connectivity index is 2.14. The second-order valence-electron chi connectivity index (χ2n) is 5.61. The smallest absolute Gasteiger partial charge is 0.115 e. The Bertz CT molecular complexity index is 1080. The number of nitriles is 1. The molecule has 116 valence electrons. The molecule has 0 atom stereocenters. The van der Waals surface area contributed by atoms with Crippen molar-refractivity contribution in [3.8, 4) is 28.8 Å². The summed E-state index contributed by atoms with van der Waals surface area (Å²) in [5.74, 6) is 0.207. The van der Waals surface area contributed by atoms with Crippen LogP contribution in [0.4, 0.5) is 0 Å². The molecule has 2 heterocycles. The molecule has 5 heteroatoms. The first-order valence-corrected chi connectivity index (χ1v) is 7.51. The Kier molecular flexibility index (Phi) is 3.10. The van der Waals surface area contributed by atoms with Crippen molar-refractivity contribution in [2.45, 2.75) is 0 Å². The highest BCUT2D eigenvalue weighted by atomic mass is 16.3. The standard InChI is InChI=1S/C19H14N4O/c1-22-12-13(11-21-22)19-17(10-20)16-4-2-3-5-18(16)23(19)14-6-8-15(24)9-7-14/h2-9,11-12,24H,1H3. The molecule has 5 nitrogen and oxygen atoms in total. The van der Waals surface area contributed by atoms with E-state index >= 15 is 0 Å². The monoisotopic (exact) mass is 314 g/mol. The molecule has 1 N–H and O–H groups in total. The molecule has 2 aromatic carbocycles.